The molecule has 1 saturated heterocycles. The number of piperazine rings is 1. The molecule has 1 aliphatic carbocycles. The third kappa shape index (κ3) is 5.46. The Morgan fingerprint density at radius 3 is 2.52 bits per heavy atom. The minimum atomic E-state index is -0.0481. The van der Waals surface area contributed by atoms with Crippen LogP contribution >= 0.6 is 23.2 Å². The lowest BCUT2D eigenvalue weighted by molar-refractivity contribution is -0.128. The molecule has 1 aliphatic heterocycles. The maximum atomic E-state index is 12.3. The van der Waals surface area contributed by atoms with E-state index in [1.165, 1.54) is 6.08 Å². The van der Waals surface area contributed by atoms with Crippen LogP contribution in [0.15, 0.2) is 24.3 Å². The summed E-state index contributed by atoms with van der Waals surface area (Å²) >= 11 is 12.0. The van der Waals surface area contributed by atoms with E-state index < -0.39 is 0 Å². The average Bonchev–Trinajstić information content (AvgIpc) is 3.38. The molecule has 0 bridgehead atoms. The van der Waals surface area contributed by atoms with Gasteiger partial charge in [0.2, 0.25) is 11.8 Å². The van der Waals surface area contributed by atoms with Gasteiger partial charge in [0, 0.05) is 48.3 Å². The molecule has 1 aromatic rings. The minimum absolute atomic E-state index is 0.0481. The molecule has 1 aromatic carbocycles. The summed E-state index contributed by atoms with van der Waals surface area (Å²) in [4.78, 5) is 28.0. The third-order valence-corrected chi connectivity index (χ3v) is 4.92. The van der Waals surface area contributed by atoms with Crippen LogP contribution in [0.25, 0.3) is 6.08 Å². The van der Waals surface area contributed by atoms with Crippen LogP contribution in [-0.2, 0) is 9.59 Å². The maximum Gasteiger partial charge on any atom is 0.246 e. The van der Waals surface area contributed by atoms with Gasteiger partial charge in [0.1, 0.15) is 0 Å². The van der Waals surface area contributed by atoms with Gasteiger partial charge in [-0.1, -0.05) is 29.3 Å². The largest absolute Gasteiger partial charge is 0.352 e. The summed E-state index contributed by atoms with van der Waals surface area (Å²) in [5, 5.41) is 4.07. The van der Waals surface area contributed by atoms with Crippen LogP contribution in [0.1, 0.15) is 18.4 Å². The lowest BCUT2D eigenvalue weighted by Gasteiger charge is -2.33. The van der Waals surface area contributed by atoms with Crippen molar-refractivity contribution in [2.45, 2.75) is 18.9 Å². The molecular formula is C18H21Cl2N3O2. The fourth-order valence-corrected chi connectivity index (χ4v) is 3.21. The molecule has 2 aliphatic rings. The molecule has 0 spiro atoms. The van der Waals surface area contributed by atoms with Crippen molar-refractivity contribution in [2.24, 2.45) is 0 Å². The molecule has 25 heavy (non-hydrogen) atoms. The highest BCUT2D eigenvalue weighted by Gasteiger charge is 2.25. The van der Waals surface area contributed by atoms with Gasteiger partial charge in [-0.2, -0.15) is 0 Å². The summed E-state index contributed by atoms with van der Waals surface area (Å²) in [7, 11) is 0. The minimum Gasteiger partial charge on any atom is -0.352 e. The second-order valence-electron chi connectivity index (χ2n) is 6.44. The number of nitrogens with zero attached hydrogens (tertiary/aromatic N) is 2. The van der Waals surface area contributed by atoms with Crippen molar-refractivity contribution in [1.29, 1.82) is 0 Å². The van der Waals surface area contributed by atoms with Crippen LogP contribution in [0, 0.1) is 0 Å². The molecule has 0 unspecified atom stereocenters. The molecule has 2 amide bonds. The topological polar surface area (TPSA) is 52.7 Å². The van der Waals surface area contributed by atoms with Crippen molar-refractivity contribution in [1.82, 2.24) is 15.1 Å². The Morgan fingerprint density at radius 1 is 1.16 bits per heavy atom. The third-order valence-electron chi connectivity index (χ3n) is 4.36. The van der Waals surface area contributed by atoms with Crippen molar-refractivity contribution in [3.05, 3.63) is 39.9 Å². The number of amides is 2. The van der Waals surface area contributed by atoms with Crippen molar-refractivity contribution in [3.63, 3.8) is 0 Å². The lowest BCUT2D eigenvalue weighted by atomic mass is 10.2. The predicted octanol–water partition coefficient (Wildman–Crippen LogP) is 2.43. The molecule has 0 atom stereocenters. The van der Waals surface area contributed by atoms with E-state index in [0.29, 0.717) is 48.8 Å². The number of nitrogens with one attached hydrogen (secondary N) is 1. The highest BCUT2D eigenvalue weighted by molar-refractivity contribution is 6.35. The van der Waals surface area contributed by atoms with Crippen molar-refractivity contribution in [3.8, 4) is 0 Å². The Hall–Kier alpha value is -1.56. The van der Waals surface area contributed by atoms with Gasteiger partial charge in [-0.05, 0) is 36.6 Å². The number of hydrogen-bond donors (Lipinski definition) is 1. The lowest BCUT2D eigenvalue weighted by Crippen LogP contribution is -2.51. The summed E-state index contributed by atoms with van der Waals surface area (Å²) in [6.07, 6.45) is 5.43. The highest BCUT2D eigenvalue weighted by atomic mass is 35.5. The summed E-state index contributed by atoms with van der Waals surface area (Å²) in [5.41, 5.74) is 0.759. The van der Waals surface area contributed by atoms with E-state index in [1.54, 1.807) is 29.2 Å². The van der Waals surface area contributed by atoms with E-state index in [-0.39, 0.29) is 11.8 Å². The fourth-order valence-electron chi connectivity index (χ4n) is 2.73. The molecule has 134 valence electrons. The van der Waals surface area contributed by atoms with Gasteiger partial charge >= 0.3 is 0 Å². The van der Waals surface area contributed by atoms with Crippen molar-refractivity contribution >= 4 is 41.1 Å². The molecule has 3 rings (SSSR count). The van der Waals surface area contributed by atoms with Crippen LogP contribution in [0.3, 0.4) is 0 Å². The Morgan fingerprint density at radius 2 is 1.88 bits per heavy atom. The molecule has 0 aromatic heterocycles. The van der Waals surface area contributed by atoms with Gasteiger partial charge in [-0.25, -0.2) is 0 Å². The van der Waals surface area contributed by atoms with E-state index in [1.807, 2.05) is 0 Å². The zero-order valence-electron chi connectivity index (χ0n) is 13.9. The van der Waals surface area contributed by atoms with Crippen LogP contribution in [0.5, 0.6) is 0 Å². The number of benzene rings is 1. The van der Waals surface area contributed by atoms with Gasteiger partial charge in [-0.3, -0.25) is 14.5 Å². The zero-order chi connectivity index (χ0) is 17.8. The monoisotopic (exact) mass is 381 g/mol. The Labute approximate surface area is 157 Å². The Balaban J connectivity index is 1.46. The van der Waals surface area contributed by atoms with Gasteiger partial charge in [0.15, 0.2) is 0 Å². The summed E-state index contributed by atoms with van der Waals surface area (Å²) in [6, 6.07) is 5.56. The molecular weight excluding hydrogens is 361 g/mol. The second-order valence-corrected chi connectivity index (χ2v) is 7.29. The molecule has 0 radical (unpaired) electrons. The molecule has 5 nitrogen and oxygen atoms in total. The maximum absolute atomic E-state index is 12.3. The zero-order valence-corrected chi connectivity index (χ0v) is 15.4. The second kappa shape index (κ2) is 8.21. The van der Waals surface area contributed by atoms with Crippen LogP contribution in [-0.4, -0.2) is 60.4 Å². The first-order valence-electron chi connectivity index (χ1n) is 8.45. The van der Waals surface area contributed by atoms with Crippen LogP contribution in [0.4, 0.5) is 0 Å². The molecule has 1 saturated carbocycles. The SMILES string of the molecule is O=C(CN1CCN(C(=O)/C=C/c2ccc(Cl)cc2Cl)CC1)NC1CC1. The number of carbonyl (C=O) groups excluding carboxylic acids is 2. The van der Waals surface area contributed by atoms with Gasteiger partial charge in [0.25, 0.3) is 0 Å². The van der Waals surface area contributed by atoms with Gasteiger partial charge in [-0.15, -0.1) is 0 Å². The first kappa shape index (κ1) is 18.2. The quantitative estimate of drug-likeness (QED) is 0.796. The molecule has 1 heterocycles. The number of halogens is 2. The average molecular weight is 382 g/mol. The Kier molecular flexibility index (Phi) is 5.99. The van der Waals surface area contributed by atoms with E-state index >= 15 is 0 Å². The number of carbonyl (C=O) groups is 2. The first-order valence-corrected chi connectivity index (χ1v) is 9.20. The smallest absolute Gasteiger partial charge is 0.246 e. The molecule has 2 fully saturated rings. The van der Waals surface area contributed by atoms with E-state index in [2.05, 4.69) is 10.2 Å². The van der Waals surface area contributed by atoms with Crippen molar-refractivity contribution < 1.29 is 9.59 Å². The summed E-state index contributed by atoms with van der Waals surface area (Å²) < 4.78 is 0. The van der Waals surface area contributed by atoms with Crippen LogP contribution < -0.4 is 5.32 Å². The Bertz CT molecular complexity index is 681. The predicted molar refractivity (Wildman–Crippen MR) is 99.7 cm³/mol. The molecule has 1 N–H and O–H groups in total. The van der Waals surface area contributed by atoms with E-state index in [0.717, 1.165) is 18.4 Å². The van der Waals surface area contributed by atoms with E-state index in [9.17, 15) is 9.59 Å². The van der Waals surface area contributed by atoms with Crippen molar-refractivity contribution in [2.75, 3.05) is 32.7 Å². The van der Waals surface area contributed by atoms with E-state index in [4.69, 9.17) is 23.2 Å². The fraction of sp³-hybridized carbons (Fsp3) is 0.444. The summed E-state index contributed by atoms with van der Waals surface area (Å²) in [6.45, 7) is 3.07. The number of rotatable bonds is 5. The normalized spacial score (nSPS) is 18.6. The van der Waals surface area contributed by atoms with Gasteiger partial charge < -0.3 is 10.2 Å². The van der Waals surface area contributed by atoms with Crippen LogP contribution in [0.2, 0.25) is 10.0 Å². The standard InChI is InChI=1S/C18H21Cl2N3O2/c19-14-3-1-13(16(20)11-14)2-6-18(25)23-9-7-22(8-10-23)12-17(24)21-15-4-5-15/h1-3,6,11,15H,4-5,7-10,12H2,(H,21,24)/b6-2+. The molecule has 7 heteroatoms. The first-order chi connectivity index (χ1) is 12.0. The highest BCUT2D eigenvalue weighted by Crippen LogP contribution is 2.22. The van der Waals surface area contributed by atoms with Gasteiger partial charge in [0.05, 0.1) is 6.54 Å². The number of hydrogen-bond acceptors (Lipinski definition) is 3. The summed E-state index contributed by atoms with van der Waals surface area (Å²) in [5.74, 6) is 0.0349.